The predicted molar refractivity (Wildman–Crippen MR) is 54.6 cm³/mol. The Bertz CT molecular complexity index is 626. The van der Waals surface area contributed by atoms with Crippen molar-refractivity contribution in [2.45, 2.75) is 6.54 Å². The second kappa shape index (κ2) is 3.49. The number of aromatic nitrogens is 4. The molecular formula is C9H8N4O2. The van der Waals surface area contributed by atoms with E-state index in [4.69, 9.17) is 0 Å². The van der Waals surface area contributed by atoms with Crippen LogP contribution in [0.25, 0.3) is 11.2 Å². The minimum Gasteiger partial charge on any atom is -0.290 e. The molecule has 15 heavy (non-hydrogen) atoms. The van der Waals surface area contributed by atoms with E-state index in [1.54, 1.807) is 0 Å². The number of hydrogen-bond acceptors (Lipinski definition) is 4. The fourth-order valence-corrected chi connectivity index (χ4v) is 1.27. The fourth-order valence-electron chi connectivity index (χ4n) is 1.27. The van der Waals surface area contributed by atoms with Crippen LogP contribution in [0.5, 0.6) is 0 Å². The normalized spacial score (nSPS) is 10.4. The fraction of sp³-hybridized carbons (Fsp3) is 0.111. The smallest absolute Gasteiger partial charge is 0.290 e. The first kappa shape index (κ1) is 9.32. The van der Waals surface area contributed by atoms with E-state index in [-0.39, 0.29) is 17.7 Å². The van der Waals surface area contributed by atoms with Gasteiger partial charge in [-0.2, -0.15) is 0 Å². The third-order valence-electron chi connectivity index (χ3n) is 1.93. The van der Waals surface area contributed by atoms with E-state index >= 15 is 0 Å². The molecule has 0 fully saturated rings. The lowest BCUT2D eigenvalue weighted by molar-refractivity contribution is 0.723. The maximum atomic E-state index is 11.7. The summed E-state index contributed by atoms with van der Waals surface area (Å²) in [6.45, 7) is 3.62. The first-order valence-corrected chi connectivity index (χ1v) is 4.29. The Labute approximate surface area is 83.9 Å². The molecule has 0 bridgehead atoms. The van der Waals surface area contributed by atoms with Crippen LogP contribution in [-0.2, 0) is 6.54 Å². The number of nitrogens with one attached hydrogen (secondary N) is 1. The van der Waals surface area contributed by atoms with Crippen molar-refractivity contribution in [3.8, 4) is 0 Å². The maximum Gasteiger partial charge on any atom is 0.330 e. The summed E-state index contributed by atoms with van der Waals surface area (Å²) in [6.07, 6.45) is 4.29. The molecule has 0 saturated carbocycles. The van der Waals surface area contributed by atoms with Gasteiger partial charge < -0.3 is 0 Å². The van der Waals surface area contributed by atoms with Crippen LogP contribution in [0.3, 0.4) is 0 Å². The topological polar surface area (TPSA) is 80.6 Å². The Hall–Kier alpha value is -2.24. The van der Waals surface area contributed by atoms with Crippen LogP contribution in [-0.4, -0.2) is 19.5 Å². The second-order valence-electron chi connectivity index (χ2n) is 2.89. The van der Waals surface area contributed by atoms with Crippen molar-refractivity contribution in [1.29, 1.82) is 0 Å². The lowest BCUT2D eigenvalue weighted by atomic mass is 10.5. The largest absolute Gasteiger partial charge is 0.330 e. The van der Waals surface area contributed by atoms with Gasteiger partial charge in [-0.25, -0.2) is 14.8 Å². The van der Waals surface area contributed by atoms with Gasteiger partial charge >= 0.3 is 5.69 Å². The molecule has 2 aromatic rings. The number of fused-ring (bicyclic) bond motifs is 1. The molecule has 1 N–H and O–H groups in total. The molecule has 2 aromatic heterocycles. The highest BCUT2D eigenvalue weighted by atomic mass is 16.2. The van der Waals surface area contributed by atoms with Crippen LogP contribution in [0.4, 0.5) is 0 Å². The second-order valence-corrected chi connectivity index (χ2v) is 2.89. The maximum absolute atomic E-state index is 11.7. The molecule has 2 rings (SSSR count). The van der Waals surface area contributed by atoms with Crippen molar-refractivity contribution in [3.63, 3.8) is 0 Å². The van der Waals surface area contributed by atoms with Gasteiger partial charge in [0.1, 0.15) is 0 Å². The van der Waals surface area contributed by atoms with Crippen molar-refractivity contribution in [3.05, 3.63) is 45.9 Å². The zero-order valence-corrected chi connectivity index (χ0v) is 7.80. The molecule has 0 saturated heterocycles. The van der Waals surface area contributed by atoms with Crippen molar-refractivity contribution in [2.24, 2.45) is 0 Å². The standard InChI is InChI=1S/C9H8N4O2/c1-2-5-13-8(14)6-7(12-9(13)15)11-4-3-10-6/h2-4H,1,5H2,(H,11,12,15). The van der Waals surface area contributed by atoms with E-state index in [2.05, 4.69) is 21.5 Å². The van der Waals surface area contributed by atoms with Crippen molar-refractivity contribution in [1.82, 2.24) is 19.5 Å². The minimum absolute atomic E-state index is 0.152. The van der Waals surface area contributed by atoms with Gasteiger partial charge in [-0.3, -0.25) is 14.3 Å². The highest BCUT2D eigenvalue weighted by Gasteiger charge is 2.06. The Balaban J connectivity index is 2.90. The monoisotopic (exact) mass is 204 g/mol. The molecule has 76 valence electrons. The van der Waals surface area contributed by atoms with E-state index in [1.165, 1.54) is 18.5 Å². The summed E-state index contributed by atoms with van der Waals surface area (Å²) in [4.78, 5) is 33.3. The van der Waals surface area contributed by atoms with E-state index < -0.39 is 11.2 Å². The Morgan fingerprint density at radius 3 is 2.87 bits per heavy atom. The number of H-pyrrole nitrogens is 1. The van der Waals surface area contributed by atoms with E-state index in [0.29, 0.717) is 0 Å². The highest BCUT2D eigenvalue weighted by Crippen LogP contribution is 1.93. The van der Waals surface area contributed by atoms with Crippen LogP contribution >= 0.6 is 0 Å². The Morgan fingerprint density at radius 2 is 2.13 bits per heavy atom. The molecule has 0 amide bonds. The average Bonchev–Trinajstić information content (AvgIpc) is 2.24. The summed E-state index contributed by atoms with van der Waals surface area (Å²) in [6, 6.07) is 0. The summed E-state index contributed by atoms with van der Waals surface area (Å²) in [7, 11) is 0. The molecule has 6 nitrogen and oxygen atoms in total. The summed E-state index contributed by atoms with van der Waals surface area (Å²) in [5.41, 5.74) is -0.610. The predicted octanol–water partition coefficient (Wildman–Crippen LogP) is -0.334. The molecule has 0 atom stereocenters. The molecule has 0 aliphatic rings. The van der Waals surface area contributed by atoms with Crippen LogP contribution in [0.15, 0.2) is 34.6 Å². The van der Waals surface area contributed by atoms with E-state index in [0.717, 1.165) is 4.57 Å². The average molecular weight is 204 g/mol. The van der Waals surface area contributed by atoms with Gasteiger partial charge in [-0.05, 0) is 0 Å². The van der Waals surface area contributed by atoms with Gasteiger partial charge in [0.05, 0.1) is 0 Å². The third kappa shape index (κ3) is 1.45. The first-order valence-electron chi connectivity index (χ1n) is 4.29. The zero-order valence-electron chi connectivity index (χ0n) is 7.80. The summed E-state index contributed by atoms with van der Waals surface area (Å²) in [5.74, 6) is 0. The number of rotatable bonds is 2. The van der Waals surface area contributed by atoms with E-state index in [9.17, 15) is 9.59 Å². The Morgan fingerprint density at radius 1 is 1.40 bits per heavy atom. The Kier molecular flexibility index (Phi) is 2.17. The lowest BCUT2D eigenvalue weighted by Gasteiger charge is -2.01. The molecule has 0 unspecified atom stereocenters. The van der Waals surface area contributed by atoms with Crippen LogP contribution in [0, 0.1) is 0 Å². The van der Waals surface area contributed by atoms with Crippen molar-refractivity contribution < 1.29 is 0 Å². The van der Waals surface area contributed by atoms with E-state index in [1.807, 2.05) is 0 Å². The van der Waals surface area contributed by atoms with Gasteiger partial charge in [-0.15, -0.1) is 6.58 Å². The molecule has 0 aliphatic carbocycles. The number of hydrogen-bond donors (Lipinski definition) is 1. The quantitative estimate of drug-likeness (QED) is 0.679. The summed E-state index contributed by atoms with van der Waals surface area (Å²) < 4.78 is 1.02. The molecule has 0 spiro atoms. The summed E-state index contributed by atoms with van der Waals surface area (Å²) in [5, 5.41) is 0. The molecule has 2 heterocycles. The summed E-state index contributed by atoms with van der Waals surface area (Å²) >= 11 is 0. The molecule has 6 heteroatoms. The molecule has 0 aromatic carbocycles. The van der Waals surface area contributed by atoms with Gasteiger partial charge in [-0.1, -0.05) is 6.08 Å². The lowest BCUT2D eigenvalue weighted by Crippen LogP contribution is -2.35. The number of aromatic amines is 1. The molecule has 0 aliphatic heterocycles. The third-order valence-corrected chi connectivity index (χ3v) is 1.93. The number of nitrogens with zero attached hydrogens (tertiary/aromatic N) is 3. The van der Waals surface area contributed by atoms with Crippen molar-refractivity contribution in [2.75, 3.05) is 0 Å². The van der Waals surface area contributed by atoms with Gasteiger partial charge in [0, 0.05) is 18.9 Å². The highest BCUT2D eigenvalue weighted by molar-refractivity contribution is 5.66. The van der Waals surface area contributed by atoms with Gasteiger partial charge in [0.2, 0.25) is 0 Å². The van der Waals surface area contributed by atoms with Crippen LogP contribution < -0.4 is 11.2 Å². The van der Waals surface area contributed by atoms with Crippen molar-refractivity contribution >= 4 is 11.2 Å². The number of allylic oxidation sites excluding steroid dienone is 1. The van der Waals surface area contributed by atoms with Gasteiger partial charge in [0.25, 0.3) is 5.56 Å². The van der Waals surface area contributed by atoms with Crippen LogP contribution in [0.2, 0.25) is 0 Å². The first-order chi connectivity index (χ1) is 7.24. The zero-order chi connectivity index (χ0) is 10.8. The minimum atomic E-state index is -0.507. The van der Waals surface area contributed by atoms with Crippen LogP contribution in [0.1, 0.15) is 0 Å². The van der Waals surface area contributed by atoms with Gasteiger partial charge in [0.15, 0.2) is 11.2 Å². The molecular weight excluding hydrogens is 196 g/mol. The SMILES string of the molecule is C=CCn1c(=O)[nH]c2nccnc2c1=O. The molecule has 0 radical (unpaired) electrons.